The van der Waals surface area contributed by atoms with Gasteiger partial charge < -0.3 is 5.32 Å². The first-order valence-corrected chi connectivity index (χ1v) is 2.99. The fraction of sp³-hybridized carbons (Fsp3) is 0.667. The van der Waals surface area contributed by atoms with Gasteiger partial charge >= 0.3 is 0 Å². The van der Waals surface area contributed by atoms with Crippen LogP contribution in [0.5, 0.6) is 0 Å². The summed E-state index contributed by atoms with van der Waals surface area (Å²) in [6.07, 6.45) is 0. The van der Waals surface area contributed by atoms with E-state index in [0.29, 0.717) is 12.2 Å². The zero-order valence-corrected chi connectivity index (χ0v) is 5.48. The molecule has 0 bridgehead atoms. The van der Waals surface area contributed by atoms with Crippen molar-refractivity contribution in [1.29, 1.82) is 0 Å². The first-order valence-electron chi connectivity index (χ1n) is 2.99. The molecule has 0 aromatic carbocycles. The van der Waals surface area contributed by atoms with E-state index >= 15 is 0 Å². The predicted octanol–water partition coefficient (Wildman–Crippen LogP) is -0.763. The van der Waals surface area contributed by atoms with E-state index in [4.69, 9.17) is 0 Å². The van der Waals surface area contributed by atoms with E-state index in [9.17, 15) is 4.79 Å². The molecule has 3 nitrogen and oxygen atoms in total. The minimum Gasteiger partial charge on any atom is -0.377 e. The average molecular weight is 126 g/mol. The zero-order valence-electron chi connectivity index (χ0n) is 5.48. The summed E-state index contributed by atoms with van der Waals surface area (Å²) in [5.74, 6) is 1.85. The highest BCUT2D eigenvalue weighted by Crippen LogP contribution is 1.93. The van der Waals surface area contributed by atoms with Crippen LogP contribution in [0.3, 0.4) is 0 Å². The number of rotatable bonds is 0. The Balaban J connectivity index is 2.51. The predicted molar refractivity (Wildman–Crippen MR) is 34.7 cm³/mol. The topological polar surface area (TPSA) is 32.3 Å². The molecular weight excluding hydrogens is 116 g/mol. The Morgan fingerprint density at radius 1 is 1.78 bits per heavy atom. The summed E-state index contributed by atoms with van der Waals surface area (Å²) in [5.41, 5.74) is 0.670. The molecule has 0 saturated carbocycles. The van der Waals surface area contributed by atoms with E-state index in [2.05, 4.69) is 10.2 Å². The molecule has 1 N–H and O–H groups in total. The maximum atomic E-state index is 10.1. The van der Waals surface area contributed by atoms with Crippen LogP contribution in [-0.4, -0.2) is 37.5 Å². The van der Waals surface area contributed by atoms with Gasteiger partial charge in [-0.2, -0.15) is 0 Å². The Morgan fingerprint density at radius 2 is 2.56 bits per heavy atom. The van der Waals surface area contributed by atoms with Crippen LogP contribution in [0, 0.1) is 0 Å². The van der Waals surface area contributed by atoms with Gasteiger partial charge in [-0.15, -0.1) is 0 Å². The van der Waals surface area contributed by atoms with Crippen molar-refractivity contribution in [2.45, 2.75) is 0 Å². The van der Waals surface area contributed by atoms with Crippen molar-refractivity contribution >= 4 is 5.94 Å². The van der Waals surface area contributed by atoms with Gasteiger partial charge in [-0.05, 0) is 7.05 Å². The van der Waals surface area contributed by atoms with Crippen LogP contribution >= 0.6 is 0 Å². The molecule has 0 unspecified atom stereocenters. The van der Waals surface area contributed by atoms with Gasteiger partial charge in [-0.1, -0.05) is 0 Å². The molecule has 1 fully saturated rings. The molecule has 1 saturated heterocycles. The number of hydrogen-bond donors (Lipinski definition) is 1. The van der Waals surface area contributed by atoms with Gasteiger partial charge in [0.15, 0.2) is 0 Å². The quantitative estimate of drug-likeness (QED) is 0.433. The van der Waals surface area contributed by atoms with Gasteiger partial charge in [-0.3, -0.25) is 4.90 Å². The van der Waals surface area contributed by atoms with Gasteiger partial charge in [0, 0.05) is 19.6 Å². The number of nitrogens with one attached hydrogen (secondary N) is 1. The summed E-state index contributed by atoms with van der Waals surface area (Å²) < 4.78 is 0. The monoisotopic (exact) mass is 126 g/mol. The molecule has 0 spiro atoms. The fourth-order valence-electron chi connectivity index (χ4n) is 0.871. The van der Waals surface area contributed by atoms with E-state index in [-0.39, 0.29) is 0 Å². The minimum absolute atomic E-state index is 0.670. The Hall–Kier alpha value is -0.790. The Morgan fingerprint density at radius 3 is 3.00 bits per heavy atom. The van der Waals surface area contributed by atoms with Crippen molar-refractivity contribution in [3.05, 3.63) is 5.70 Å². The van der Waals surface area contributed by atoms with Crippen LogP contribution in [0.1, 0.15) is 0 Å². The zero-order chi connectivity index (χ0) is 6.69. The van der Waals surface area contributed by atoms with Crippen molar-refractivity contribution < 1.29 is 4.79 Å². The lowest BCUT2D eigenvalue weighted by Gasteiger charge is -2.23. The highest BCUT2D eigenvalue weighted by molar-refractivity contribution is 5.52. The number of carbonyl (C=O) groups excluding carboxylic acids is 1. The third kappa shape index (κ3) is 1.56. The normalized spacial score (nSPS) is 20.8. The number of likely N-dealkylation sites (N-methyl/N-ethyl adjacent to an activating group) is 1. The van der Waals surface area contributed by atoms with Crippen molar-refractivity contribution in [1.82, 2.24) is 10.2 Å². The molecular formula is C6H10N2O. The van der Waals surface area contributed by atoms with Crippen LogP contribution in [0.4, 0.5) is 0 Å². The van der Waals surface area contributed by atoms with E-state index < -0.39 is 0 Å². The molecule has 1 aliphatic heterocycles. The van der Waals surface area contributed by atoms with Crippen molar-refractivity contribution in [2.75, 3.05) is 26.7 Å². The van der Waals surface area contributed by atoms with E-state index in [0.717, 1.165) is 13.1 Å². The van der Waals surface area contributed by atoms with E-state index in [1.54, 1.807) is 0 Å². The lowest BCUT2D eigenvalue weighted by molar-refractivity contribution is 0.324. The van der Waals surface area contributed by atoms with Crippen LogP contribution < -0.4 is 5.32 Å². The summed E-state index contributed by atoms with van der Waals surface area (Å²) >= 11 is 0. The summed E-state index contributed by atoms with van der Waals surface area (Å²) in [6.45, 7) is 2.58. The molecule has 0 atom stereocenters. The largest absolute Gasteiger partial charge is 0.377 e. The van der Waals surface area contributed by atoms with Gasteiger partial charge in [0.25, 0.3) is 0 Å². The molecule has 0 amide bonds. The summed E-state index contributed by atoms with van der Waals surface area (Å²) in [5, 5.41) is 2.95. The van der Waals surface area contributed by atoms with Crippen molar-refractivity contribution in [2.24, 2.45) is 0 Å². The molecule has 0 aromatic heterocycles. The molecule has 0 aliphatic carbocycles. The molecule has 1 rings (SSSR count). The van der Waals surface area contributed by atoms with Gasteiger partial charge in [0.1, 0.15) is 11.6 Å². The molecule has 1 aliphatic rings. The second kappa shape index (κ2) is 2.67. The Bertz CT molecular complexity index is 149. The lowest BCUT2D eigenvalue weighted by Crippen LogP contribution is -2.39. The standard InChI is InChI=1S/C6H10N2O/c1-8-3-2-7-6(4-8)5-9/h7H,2-4H2,1H3. The smallest absolute Gasteiger partial charge is 0.146 e. The fourth-order valence-corrected chi connectivity index (χ4v) is 0.871. The van der Waals surface area contributed by atoms with Crippen LogP contribution in [0.25, 0.3) is 0 Å². The summed E-state index contributed by atoms with van der Waals surface area (Å²) in [6, 6.07) is 0. The lowest BCUT2D eigenvalue weighted by atomic mass is 10.3. The highest BCUT2D eigenvalue weighted by Gasteiger charge is 2.08. The second-order valence-corrected chi connectivity index (χ2v) is 2.25. The first kappa shape index (κ1) is 6.33. The first-order chi connectivity index (χ1) is 4.33. The third-order valence-electron chi connectivity index (χ3n) is 1.38. The maximum Gasteiger partial charge on any atom is 0.146 e. The van der Waals surface area contributed by atoms with Crippen molar-refractivity contribution in [3.8, 4) is 0 Å². The highest BCUT2D eigenvalue weighted by atomic mass is 16.1. The summed E-state index contributed by atoms with van der Waals surface area (Å²) in [7, 11) is 1.98. The van der Waals surface area contributed by atoms with E-state index in [1.165, 1.54) is 0 Å². The maximum absolute atomic E-state index is 10.1. The third-order valence-corrected chi connectivity index (χ3v) is 1.38. The van der Waals surface area contributed by atoms with Crippen molar-refractivity contribution in [3.63, 3.8) is 0 Å². The Labute approximate surface area is 54.3 Å². The van der Waals surface area contributed by atoms with Crippen LogP contribution in [0.2, 0.25) is 0 Å². The molecule has 0 aromatic rings. The van der Waals surface area contributed by atoms with Crippen LogP contribution in [0.15, 0.2) is 5.70 Å². The minimum atomic E-state index is 0.670. The molecule has 1 heterocycles. The van der Waals surface area contributed by atoms with Gasteiger partial charge in [0.05, 0.1) is 0 Å². The SMILES string of the molecule is CN1CCNC(=C=O)C1. The summed E-state index contributed by atoms with van der Waals surface area (Å²) in [4.78, 5) is 12.1. The number of nitrogens with zero attached hydrogens (tertiary/aromatic N) is 1. The number of hydrogen-bond acceptors (Lipinski definition) is 3. The Kier molecular flexibility index (Phi) is 1.88. The van der Waals surface area contributed by atoms with E-state index in [1.807, 2.05) is 13.0 Å². The van der Waals surface area contributed by atoms with Gasteiger partial charge in [-0.25, -0.2) is 4.79 Å². The molecule has 9 heavy (non-hydrogen) atoms. The molecule has 3 heteroatoms. The second-order valence-electron chi connectivity index (χ2n) is 2.25. The van der Waals surface area contributed by atoms with Gasteiger partial charge in [0.2, 0.25) is 0 Å². The number of piperazine rings is 1. The average Bonchev–Trinajstić information content (AvgIpc) is 1.88. The molecule has 0 radical (unpaired) electrons. The molecule has 50 valence electrons. The van der Waals surface area contributed by atoms with Crippen LogP contribution in [-0.2, 0) is 4.79 Å².